The minimum atomic E-state index is -0.380. The quantitative estimate of drug-likeness (QED) is 0.553. The van der Waals surface area contributed by atoms with Gasteiger partial charge in [0.2, 0.25) is 0 Å². The number of benzene rings is 2. The van der Waals surface area contributed by atoms with Crippen LogP contribution in [0.25, 0.3) is 17.1 Å². The maximum atomic E-state index is 12.3. The number of anilines is 1. The molecule has 0 radical (unpaired) electrons. The molecular formula is C19H17N3O3. The summed E-state index contributed by atoms with van der Waals surface area (Å²) in [6.07, 6.45) is 4.63. The van der Waals surface area contributed by atoms with Crippen molar-refractivity contribution in [3.63, 3.8) is 0 Å². The fraction of sp³-hybridized carbons (Fsp3) is 0.105. The topological polar surface area (TPSA) is 84.1 Å². The minimum absolute atomic E-state index is 0.202. The largest absolute Gasteiger partial charge is 0.463 e. The van der Waals surface area contributed by atoms with Crippen LogP contribution in [0, 0.1) is 0 Å². The maximum Gasteiger partial charge on any atom is 0.330 e. The molecule has 0 fully saturated rings. The van der Waals surface area contributed by atoms with Crippen molar-refractivity contribution in [1.29, 1.82) is 0 Å². The van der Waals surface area contributed by atoms with Crippen molar-refractivity contribution >= 4 is 34.7 Å². The summed E-state index contributed by atoms with van der Waals surface area (Å²) in [5.41, 5.74) is 3.68. The van der Waals surface area contributed by atoms with Gasteiger partial charge in [-0.05, 0) is 48.9 Å². The molecule has 3 rings (SSSR count). The molecule has 0 aliphatic carbocycles. The highest BCUT2D eigenvalue weighted by Crippen LogP contribution is 2.15. The van der Waals surface area contributed by atoms with Gasteiger partial charge in [0.15, 0.2) is 0 Å². The smallest absolute Gasteiger partial charge is 0.330 e. The van der Waals surface area contributed by atoms with Crippen LogP contribution >= 0.6 is 0 Å². The van der Waals surface area contributed by atoms with E-state index in [9.17, 15) is 9.59 Å². The van der Waals surface area contributed by atoms with Gasteiger partial charge in [0.1, 0.15) is 0 Å². The third-order valence-corrected chi connectivity index (χ3v) is 3.55. The van der Waals surface area contributed by atoms with Gasteiger partial charge in [-0.3, -0.25) is 4.79 Å². The second kappa shape index (κ2) is 7.44. The number of aromatic nitrogens is 2. The molecule has 1 heterocycles. The summed E-state index contributed by atoms with van der Waals surface area (Å²) in [6, 6.07) is 12.5. The number of esters is 1. The van der Waals surface area contributed by atoms with Gasteiger partial charge in [0.25, 0.3) is 5.91 Å². The average Bonchev–Trinajstić information content (AvgIpc) is 3.09. The number of imidazole rings is 1. The second-order valence-corrected chi connectivity index (χ2v) is 5.30. The third kappa shape index (κ3) is 4.11. The highest BCUT2D eigenvalue weighted by molar-refractivity contribution is 6.05. The number of fused-ring (bicyclic) bond motifs is 1. The van der Waals surface area contributed by atoms with E-state index in [-0.39, 0.29) is 11.9 Å². The molecule has 3 aromatic rings. The first-order valence-corrected chi connectivity index (χ1v) is 7.85. The third-order valence-electron chi connectivity index (χ3n) is 3.55. The van der Waals surface area contributed by atoms with E-state index in [1.807, 2.05) is 12.1 Å². The SMILES string of the molecule is CCOC(=O)C=Cc1ccc(NC(=O)c2ccc3nc[nH]c3c2)cc1. The lowest BCUT2D eigenvalue weighted by Gasteiger charge is -2.06. The Morgan fingerprint density at radius 3 is 2.76 bits per heavy atom. The molecule has 0 bridgehead atoms. The van der Waals surface area contributed by atoms with Crippen LogP contribution < -0.4 is 5.32 Å². The van der Waals surface area contributed by atoms with Crippen LogP contribution in [0.2, 0.25) is 0 Å². The molecule has 0 unspecified atom stereocenters. The Morgan fingerprint density at radius 2 is 2.00 bits per heavy atom. The number of ether oxygens (including phenoxy) is 1. The van der Waals surface area contributed by atoms with E-state index in [1.54, 1.807) is 49.7 Å². The Labute approximate surface area is 144 Å². The van der Waals surface area contributed by atoms with Crippen LogP contribution in [-0.2, 0) is 9.53 Å². The van der Waals surface area contributed by atoms with Gasteiger partial charge < -0.3 is 15.0 Å². The molecule has 0 saturated heterocycles. The summed E-state index contributed by atoms with van der Waals surface area (Å²) in [6.45, 7) is 2.10. The summed E-state index contributed by atoms with van der Waals surface area (Å²) in [5, 5.41) is 2.84. The molecule has 126 valence electrons. The van der Waals surface area contributed by atoms with E-state index in [0.29, 0.717) is 17.9 Å². The Hall–Kier alpha value is -3.41. The number of carbonyl (C=O) groups excluding carboxylic acids is 2. The summed E-state index contributed by atoms with van der Waals surface area (Å²) in [5.74, 6) is -0.583. The molecule has 0 atom stereocenters. The highest BCUT2D eigenvalue weighted by Gasteiger charge is 2.07. The molecule has 1 amide bonds. The molecule has 6 nitrogen and oxygen atoms in total. The zero-order valence-electron chi connectivity index (χ0n) is 13.7. The first-order chi connectivity index (χ1) is 12.2. The monoisotopic (exact) mass is 335 g/mol. The Bertz CT molecular complexity index is 926. The van der Waals surface area contributed by atoms with E-state index in [1.165, 1.54) is 6.08 Å². The number of hydrogen-bond donors (Lipinski definition) is 2. The van der Waals surface area contributed by atoms with Crippen molar-refractivity contribution in [3.8, 4) is 0 Å². The van der Waals surface area contributed by atoms with Gasteiger partial charge >= 0.3 is 5.97 Å². The molecule has 2 aromatic carbocycles. The van der Waals surface area contributed by atoms with Crippen molar-refractivity contribution in [2.24, 2.45) is 0 Å². The van der Waals surface area contributed by atoms with E-state index >= 15 is 0 Å². The number of H-pyrrole nitrogens is 1. The number of nitrogens with one attached hydrogen (secondary N) is 2. The van der Waals surface area contributed by atoms with E-state index in [2.05, 4.69) is 15.3 Å². The average molecular weight is 335 g/mol. The molecule has 0 aliphatic heterocycles. The summed E-state index contributed by atoms with van der Waals surface area (Å²) in [4.78, 5) is 30.7. The Morgan fingerprint density at radius 1 is 1.20 bits per heavy atom. The Balaban J connectivity index is 1.66. The van der Waals surface area contributed by atoms with Gasteiger partial charge in [-0.1, -0.05) is 12.1 Å². The van der Waals surface area contributed by atoms with Crippen LogP contribution in [0.1, 0.15) is 22.8 Å². The van der Waals surface area contributed by atoms with E-state index in [4.69, 9.17) is 4.74 Å². The lowest BCUT2D eigenvalue weighted by Crippen LogP contribution is -2.11. The highest BCUT2D eigenvalue weighted by atomic mass is 16.5. The minimum Gasteiger partial charge on any atom is -0.463 e. The fourth-order valence-electron chi connectivity index (χ4n) is 2.31. The maximum absolute atomic E-state index is 12.3. The molecule has 0 aliphatic rings. The van der Waals surface area contributed by atoms with Gasteiger partial charge in [0, 0.05) is 17.3 Å². The van der Waals surface area contributed by atoms with Crippen LogP contribution in [0.15, 0.2) is 54.9 Å². The van der Waals surface area contributed by atoms with Crippen molar-refractivity contribution in [2.75, 3.05) is 11.9 Å². The fourth-order valence-corrected chi connectivity index (χ4v) is 2.31. The number of aromatic amines is 1. The normalized spacial score (nSPS) is 10.9. The van der Waals surface area contributed by atoms with Gasteiger partial charge in [-0.15, -0.1) is 0 Å². The van der Waals surface area contributed by atoms with E-state index < -0.39 is 0 Å². The van der Waals surface area contributed by atoms with Gasteiger partial charge in [0.05, 0.1) is 24.0 Å². The number of nitrogens with zero attached hydrogens (tertiary/aromatic N) is 1. The van der Waals surface area contributed by atoms with E-state index in [0.717, 1.165) is 16.6 Å². The van der Waals surface area contributed by atoms with Crippen molar-refractivity contribution in [1.82, 2.24) is 9.97 Å². The molecule has 0 spiro atoms. The summed E-state index contributed by atoms with van der Waals surface area (Å²) in [7, 11) is 0. The number of carbonyl (C=O) groups is 2. The lowest BCUT2D eigenvalue weighted by molar-refractivity contribution is -0.137. The summed E-state index contributed by atoms with van der Waals surface area (Å²) >= 11 is 0. The van der Waals surface area contributed by atoms with Crippen LogP contribution in [-0.4, -0.2) is 28.5 Å². The summed E-state index contributed by atoms with van der Waals surface area (Å²) < 4.78 is 4.82. The van der Waals surface area contributed by atoms with Gasteiger partial charge in [-0.25, -0.2) is 9.78 Å². The number of amides is 1. The van der Waals surface area contributed by atoms with Crippen LogP contribution in [0.4, 0.5) is 5.69 Å². The predicted octanol–water partition coefficient (Wildman–Crippen LogP) is 3.39. The number of rotatable bonds is 5. The second-order valence-electron chi connectivity index (χ2n) is 5.30. The molecule has 6 heteroatoms. The van der Waals surface area contributed by atoms with Crippen LogP contribution in [0.3, 0.4) is 0 Å². The molecule has 2 N–H and O–H groups in total. The zero-order chi connectivity index (χ0) is 17.6. The first-order valence-electron chi connectivity index (χ1n) is 7.85. The van der Waals surface area contributed by atoms with Crippen molar-refractivity contribution in [2.45, 2.75) is 6.92 Å². The molecule has 25 heavy (non-hydrogen) atoms. The first kappa shape index (κ1) is 16.4. The van der Waals surface area contributed by atoms with Crippen molar-refractivity contribution in [3.05, 3.63) is 66.0 Å². The van der Waals surface area contributed by atoms with Gasteiger partial charge in [-0.2, -0.15) is 0 Å². The molecule has 1 aromatic heterocycles. The lowest BCUT2D eigenvalue weighted by atomic mass is 10.1. The predicted molar refractivity (Wildman–Crippen MR) is 96.2 cm³/mol. The molecule has 0 saturated carbocycles. The van der Waals surface area contributed by atoms with Crippen LogP contribution in [0.5, 0.6) is 0 Å². The zero-order valence-corrected chi connectivity index (χ0v) is 13.7. The standard InChI is InChI=1S/C19H17N3O3/c1-2-25-18(23)10-5-13-3-7-15(8-4-13)22-19(24)14-6-9-16-17(11-14)21-12-20-16/h3-12H,2H2,1H3,(H,20,21)(H,22,24). The Kier molecular flexibility index (Phi) is 4.89. The number of hydrogen-bond acceptors (Lipinski definition) is 4. The molecular weight excluding hydrogens is 318 g/mol. The van der Waals surface area contributed by atoms with Crippen molar-refractivity contribution < 1.29 is 14.3 Å².